The summed E-state index contributed by atoms with van der Waals surface area (Å²) in [6.07, 6.45) is -1.87. The predicted molar refractivity (Wildman–Crippen MR) is 80.3 cm³/mol. The fourth-order valence-electron chi connectivity index (χ4n) is 2.04. The van der Waals surface area contributed by atoms with E-state index in [1.165, 1.54) is 4.90 Å². The first-order valence-corrected chi connectivity index (χ1v) is 6.80. The average molecular weight is 320 g/mol. The normalized spacial score (nSPS) is 16.8. The molecule has 1 heterocycles. The van der Waals surface area contributed by atoms with Gasteiger partial charge in [0, 0.05) is 17.8 Å². The maximum absolute atomic E-state index is 11.9. The Kier molecular flexibility index (Phi) is 4.79. The lowest BCUT2D eigenvalue weighted by atomic mass is 10.2. The van der Waals surface area contributed by atoms with Gasteiger partial charge in [-0.3, -0.25) is 19.9 Å². The number of amidine groups is 1. The lowest BCUT2D eigenvalue weighted by Crippen LogP contribution is -2.38. The van der Waals surface area contributed by atoms with E-state index in [9.17, 15) is 14.4 Å². The molecule has 1 fully saturated rings. The smallest absolute Gasteiger partial charge is 0.415 e. The molecule has 2 rings (SSSR count). The highest BCUT2D eigenvalue weighted by Gasteiger charge is 2.36. The van der Waals surface area contributed by atoms with Crippen molar-refractivity contribution in [3.8, 4) is 0 Å². The van der Waals surface area contributed by atoms with Gasteiger partial charge >= 0.3 is 12.1 Å². The molecule has 0 radical (unpaired) electrons. The number of carboxylic acids is 1. The molecule has 2 amide bonds. The van der Waals surface area contributed by atoms with Crippen LogP contribution in [0.2, 0.25) is 0 Å². The van der Waals surface area contributed by atoms with Crippen LogP contribution in [-0.2, 0) is 14.3 Å². The predicted octanol–water partition coefficient (Wildman–Crippen LogP) is -0.113. The van der Waals surface area contributed by atoms with E-state index in [2.05, 4.69) is 5.32 Å². The molecule has 0 spiro atoms. The Labute approximate surface area is 131 Å². The van der Waals surface area contributed by atoms with Gasteiger partial charge in [-0.1, -0.05) is 0 Å². The summed E-state index contributed by atoms with van der Waals surface area (Å²) in [6.45, 7) is -0.00726. The SMILES string of the molecule is N=C(N)c1ccc(N2CC(C(=O)NCCC(=O)O)OC2=O)cc1. The number of carboxylic acid groups (broad SMARTS) is 1. The molecular weight excluding hydrogens is 304 g/mol. The van der Waals surface area contributed by atoms with Gasteiger partial charge in [0.2, 0.25) is 0 Å². The summed E-state index contributed by atoms with van der Waals surface area (Å²) in [5, 5.41) is 18.2. The maximum Gasteiger partial charge on any atom is 0.415 e. The second-order valence-corrected chi connectivity index (χ2v) is 4.88. The summed E-state index contributed by atoms with van der Waals surface area (Å²) < 4.78 is 4.99. The zero-order valence-electron chi connectivity index (χ0n) is 12.1. The minimum atomic E-state index is -1.03. The van der Waals surface area contributed by atoms with Crippen molar-refractivity contribution in [1.29, 1.82) is 5.41 Å². The van der Waals surface area contributed by atoms with Crippen LogP contribution in [0.4, 0.5) is 10.5 Å². The van der Waals surface area contributed by atoms with E-state index in [0.29, 0.717) is 11.3 Å². The summed E-state index contributed by atoms with van der Waals surface area (Å²) in [5.41, 5.74) is 6.39. The summed E-state index contributed by atoms with van der Waals surface area (Å²) in [7, 11) is 0. The van der Waals surface area contributed by atoms with Gasteiger partial charge in [0.05, 0.1) is 13.0 Å². The molecule has 1 unspecified atom stereocenters. The van der Waals surface area contributed by atoms with E-state index in [1.807, 2.05) is 0 Å². The van der Waals surface area contributed by atoms with Gasteiger partial charge in [0.25, 0.3) is 5.91 Å². The summed E-state index contributed by atoms with van der Waals surface area (Å²) in [4.78, 5) is 35.4. The summed E-state index contributed by atoms with van der Waals surface area (Å²) in [6, 6.07) is 6.38. The van der Waals surface area contributed by atoms with Crippen molar-refractivity contribution in [2.45, 2.75) is 12.5 Å². The van der Waals surface area contributed by atoms with Crippen LogP contribution in [0.5, 0.6) is 0 Å². The van der Waals surface area contributed by atoms with Gasteiger partial charge < -0.3 is 20.9 Å². The Hall–Kier alpha value is -3.10. The number of nitrogens with zero attached hydrogens (tertiary/aromatic N) is 1. The highest BCUT2D eigenvalue weighted by Crippen LogP contribution is 2.22. The van der Waals surface area contributed by atoms with Crippen molar-refractivity contribution in [3.63, 3.8) is 0 Å². The number of nitrogen functional groups attached to an aromatic ring is 1. The second-order valence-electron chi connectivity index (χ2n) is 4.88. The van der Waals surface area contributed by atoms with Crippen LogP contribution in [-0.4, -0.2) is 48.1 Å². The van der Waals surface area contributed by atoms with E-state index in [0.717, 1.165) is 0 Å². The third kappa shape index (κ3) is 3.96. The van der Waals surface area contributed by atoms with Crippen LogP contribution in [0.3, 0.4) is 0 Å². The molecule has 9 nitrogen and oxygen atoms in total. The molecule has 0 saturated carbocycles. The number of nitrogens with two attached hydrogens (primary N) is 1. The van der Waals surface area contributed by atoms with Gasteiger partial charge in [0.15, 0.2) is 6.10 Å². The number of ether oxygens (including phenoxy) is 1. The Morgan fingerprint density at radius 2 is 2.04 bits per heavy atom. The van der Waals surface area contributed by atoms with Crippen LogP contribution < -0.4 is 16.0 Å². The molecule has 1 atom stereocenters. The molecule has 1 aromatic rings. The van der Waals surface area contributed by atoms with Crippen LogP contribution in [0.25, 0.3) is 0 Å². The molecule has 1 aromatic carbocycles. The zero-order valence-corrected chi connectivity index (χ0v) is 12.1. The molecule has 0 aromatic heterocycles. The highest BCUT2D eigenvalue weighted by molar-refractivity contribution is 5.97. The van der Waals surface area contributed by atoms with Gasteiger partial charge in [-0.15, -0.1) is 0 Å². The lowest BCUT2D eigenvalue weighted by Gasteiger charge is -2.13. The Bertz CT molecular complexity index is 643. The van der Waals surface area contributed by atoms with E-state index in [-0.39, 0.29) is 25.3 Å². The van der Waals surface area contributed by atoms with Crippen molar-refractivity contribution in [1.82, 2.24) is 5.32 Å². The number of benzene rings is 1. The van der Waals surface area contributed by atoms with E-state index >= 15 is 0 Å². The zero-order chi connectivity index (χ0) is 17.0. The third-order valence-electron chi connectivity index (χ3n) is 3.23. The highest BCUT2D eigenvalue weighted by atomic mass is 16.6. The molecule has 0 bridgehead atoms. The van der Waals surface area contributed by atoms with Gasteiger partial charge in [-0.25, -0.2) is 4.79 Å². The van der Waals surface area contributed by atoms with Crippen molar-refractivity contribution in [3.05, 3.63) is 29.8 Å². The maximum atomic E-state index is 11.9. The number of aliphatic carboxylic acids is 1. The Morgan fingerprint density at radius 3 is 2.61 bits per heavy atom. The fraction of sp³-hybridized carbons (Fsp3) is 0.286. The topological polar surface area (TPSA) is 146 Å². The first-order chi connectivity index (χ1) is 10.9. The van der Waals surface area contributed by atoms with Crippen LogP contribution in [0.15, 0.2) is 24.3 Å². The van der Waals surface area contributed by atoms with Gasteiger partial charge in [-0.05, 0) is 24.3 Å². The minimum absolute atomic E-state index is 0.0250. The third-order valence-corrected chi connectivity index (χ3v) is 3.23. The number of cyclic esters (lactones) is 1. The van der Waals surface area contributed by atoms with Gasteiger partial charge in [0.1, 0.15) is 5.84 Å². The lowest BCUT2D eigenvalue weighted by molar-refractivity contribution is -0.137. The Balaban J connectivity index is 1.97. The number of hydrogen-bond donors (Lipinski definition) is 4. The first kappa shape index (κ1) is 16.3. The number of nitrogens with one attached hydrogen (secondary N) is 2. The minimum Gasteiger partial charge on any atom is -0.481 e. The van der Waals surface area contributed by atoms with E-state index < -0.39 is 24.1 Å². The quantitative estimate of drug-likeness (QED) is 0.425. The summed E-state index contributed by atoms with van der Waals surface area (Å²) >= 11 is 0. The van der Waals surface area contributed by atoms with Crippen molar-refractivity contribution < 1.29 is 24.2 Å². The van der Waals surface area contributed by atoms with E-state index in [4.69, 9.17) is 21.0 Å². The number of hydrogen-bond acceptors (Lipinski definition) is 5. The van der Waals surface area contributed by atoms with Crippen LogP contribution >= 0.6 is 0 Å². The number of anilines is 1. The first-order valence-electron chi connectivity index (χ1n) is 6.80. The van der Waals surface area contributed by atoms with Crippen molar-refractivity contribution in [2.75, 3.05) is 18.0 Å². The monoisotopic (exact) mass is 320 g/mol. The molecule has 1 aliphatic heterocycles. The van der Waals surface area contributed by atoms with E-state index in [1.54, 1.807) is 24.3 Å². The molecule has 1 aliphatic rings. The largest absolute Gasteiger partial charge is 0.481 e. The number of rotatable bonds is 6. The Morgan fingerprint density at radius 1 is 1.39 bits per heavy atom. The average Bonchev–Trinajstić information content (AvgIpc) is 2.89. The second kappa shape index (κ2) is 6.77. The molecule has 5 N–H and O–H groups in total. The number of carbonyl (C=O) groups excluding carboxylic acids is 2. The standard InChI is InChI=1S/C14H16N4O5/c15-12(16)8-1-3-9(4-2-8)18-7-10(23-14(18)22)13(21)17-6-5-11(19)20/h1-4,10H,5-7H2,(H3,15,16)(H,17,21)(H,19,20). The van der Waals surface area contributed by atoms with Crippen molar-refractivity contribution >= 4 is 29.5 Å². The molecule has 0 aliphatic carbocycles. The van der Waals surface area contributed by atoms with Crippen LogP contribution in [0.1, 0.15) is 12.0 Å². The van der Waals surface area contributed by atoms with Crippen molar-refractivity contribution in [2.24, 2.45) is 5.73 Å². The number of carbonyl (C=O) groups is 3. The molecule has 1 saturated heterocycles. The fourth-order valence-corrected chi connectivity index (χ4v) is 2.04. The molecule has 23 heavy (non-hydrogen) atoms. The molecular formula is C14H16N4O5. The summed E-state index contributed by atoms with van der Waals surface area (Å²) in [5.74, 6) is -1.65. The van der Waals surface area contributed by atoms with Gasteiger partial charge in [-0.2, -0.15) is 0 Å². The van der Waals surface area contributed by atoms with Crippen LogP contribution in [0, 0.1) is 5.41 Å². The number of amides is 2. The molecule has 122 valence electrons. The molecule has 9 heteroatoms.